The number of nitrogens with two attached hydrogens (primary N) is 1. The van der Waals surface area contributed by atoms with Gasteiger partial charge in [0.05, 0.1) is 0 Å². The Bertz CT molecular complexity index is 1010. The highest BCUT2D eigenvalue weighted by molar-refractivity contribution is 5.77. The van der Waals surface area contributed by atoms with E-state index in [1.807, 2.05) is 24.3 Å². The Morgan fingerprint density at radius 3 is 2.80 bits per heavy atom. The molecule has 1 unspecified atom stereocenters. The maximum atomic E-state index is 12.7. The molecule has 1 fully saturated rings. The third kappa shape index (κ3) is 2.50. The first-order chi connectivity index (χ1) is 12.1. The molecule has 3 N–H and O–H groups in total. The summed E-state index contributed by atoms with van der Waals surface area (Å²) in [7, 11) is 1.63. The van der Waals surface area contributed by atoms with E-state index in [-0.39, 0.29) is 17.9 Å². The second-order valence-electron chi connectivity index (χ2n) is 6.38. The van der Waals surface area contributed by atoms with Gasteiger partial charge in [0.1, 0.15) is 11.5 Å². The summed E-state index contributed by atoms with van der Waals surface area (Å²) < 4.78 is 2.62. The Morgan fingerprint density at radius 2 is 2.08 bits per heavy atom. The van der Waals surface area contributed by atoms with Crippen molar-refractivity contribution in [2.45, 2.75) is 19.0 Å². The second-order valence-corrected chi connectivity index (χ2v) is 6.38. The zero-order chi connectivity index (χ0) is 17.6. The van der Waals surface area contributed by atoms with Crippen LogP contribution < -0.4 is 27.6 Å². The van der Waals surface area contributed by atoms with Gasteiger partial charge in [-0.3, -0.25) is 4.57 Å². The molecule has 2 aliphatic heterocycles. The molecule has 4 rings (SSSR count). The molecule has 130 valence electrons. The summed E-state index contributed by atoms with van der Waals surface area (Å²) in [5.41, 5.74) is 7.50. The molecule has 2 aromatic rings. The number of carbonyl (C=O) groups excluding carboxylic acids is 1. The molecule has 1 aromatic heterocycles. The van der Waals surface area contributed by atoms with Crippen LogP contribution in [0.25, 0.3) is 6.20 Å². The van der Waals surface area contributed by atoms with Crippen molar-refractivity contribution in [2.24, 2.45) is 12.0 Å². The number of benzene rings is 1. The van der Waals surface area contributed by atoms with Gasteiger partial charge in [-0.1, -0.05) is 12.1 Å². The summed E-state index contributed by atoms with van der Waals surface area (Å²) in [6, 6.07) is 7.14. The predicted molar refractivity (Wildman–Crippen MR) is 93.3 cm³/mol. The highest BCUT2D eigenvalue weighted by Crippen LogP contribution is 2.17. The number of imidazole rings is 1. The number of anilines is 1. The van der Waals surface area contributed by atoms with Gasteiger partial charge in [-0.25, -0.2) is 19.1 Å². The predicted octanol–water partition coefficient (Wildman–Crippen LogP) is -0.507. The molecule has 25 heavy (non-hydrogen) atoms. The lowest BCUT2D eigenvalue weighted by atomic mass is 10.1. The number of likely N-dealkylation sites (tertiary alicyclic amines) is 1. The lowest BCUT2D eigenvalue weighted by Crippen LogP contribution is -2.46. The van der Waals surface area contributed by atoms with Crippen molar-refractivity contribution in [3.8, 4) is 0 Å². The van der Waals surface area contributed by atoms with Gasteiger partial charge in [-0.2, -0.15) is 0 Å². The summed E-state index contributed by atoms with van der Waals surface area (Å²) in [4.78, 5) is 31.6. The normalized spacial score (nSPS) is 18.9. The van der Waals surface area contributed by atoms with Gasteiger partial charge in [0.2, 0.25) is 0 Å². The van der Waals surface area contributed by atoms with Gasteiger partial charge in [-0.05, 0) is 30.5 Å². The second kappa shape index (κ2) is 5.80. The number of aromatic nitrogens is 2. The number of carbonyl (C=O) groups is 1. The van der Waals surface area contributed by atoms with E-state index >= 15 is 0 Å². The fourth-order valence-corrected chi connectivity index (χ4v) is 3.35. The molecule has 0 aliphatic carbocycles. The number of hydrogen-bond acceptors (Lipinski definition) is 5. The summed E-state index contributed by atoms with van der Waals surface area (Å²) in [6.07, 6.45) is 3.28. The minimum absolute atomic E-state index is 0.282. The van der Waals surface area contributed by atoms with Gasteiger partial charge in [0, 0.05) is 32.0 Å². The monoisotopic (exact) mass is 340 g/mol. The van der Waals surface area contributed by atoms with Gasteiger partial charge >= 0.3 is 11.7 Å². The van der Waals surface area contributed by atoms with Crippen LogP contribution in [-0.2, 0) is 7.05 Å². The molecule has 2 aliphatic rings. The number of rotatable bonds is 1. The maximum Gasteiger partial charge on any atom is 0.338 e. The van der Waals surface area contributed by atoms with Crippen molar-refractivity contribution < 1.29 is 4.79 Å². The van der Waals surface area contributed by atoms with Crippen LogP contribution in [-0.4, -0.2) is 33.2 Å². The summed E-state index contributed by atoms with van der Waals surface area (Å²) in [6.45, 7) is 1.37. The lowest BCUT2D eigenvalue weighted by Gasteiger charge is -2.17. The Morgan fingerprint density at radius 1 is 1.32 bits per heavy atom. The fraction of sp³-hybridized carbons (Fsp3) is 0.353. The number of hydrogen-bond donors (Lipinski definition) is 2. The molecule has 1 aromatic carbocycles. The highest BCUT2D eigenvalue weighted by Gasteiger charge is 2.25. The molecule has 3 heterocycles. The standard InChI is InChI=1S/C17H20N6O2/c1-21-15-13(23(16(21)24)17(25)22-7-2-3-8-22)10-19-14(20-15)11-5-4-6-12(18)9-11/h4-6,9-10,14,19H,2-3,7-8,18H2,1H3. The van der Waals surface area contributed by atoms with E-state index < -0.39 is 0 Å². The van der Waals surface area contributed by atoms with E-state index in [0.29, 0.717) is 29.6 Å². The third-order valence-electron chi connectivity index (χ3n) is 4.69. The SMILES string of the molecule is Cn1c2c(n(C(=O)N3CCCC3)c1=O)=CNC(c1cccc(N)c1)N=2. The molecule has 1 amide bonds. The number of nitrogen functional groups attached to an aromatic ring is 1. The molecular formula is C17H20N6O2. The van der Waals surface area contributed by atoms with Crippen LogP contribution in [0.1, 0.15) is 24.6 Å². The summed E-state index contributed by atoms with van der Waals surface area (Å²) >= 11 is 0. The zero-order valence-corrected chi connectivity index (χ0v) is 14.0. The van der Waals surface area contributed by atoms with Crippen LogP contribution in [0.4, 0.5) is 10.5 Å². The largest absolute Gasteiger partial charge is 0.399 e. The molecule has 0 spiro atoms. The van der Waals surface area contributed by atoms with Gasteiger partial charge in [0.15, 0.2) is 5.49 Å². The van der Waals surface area contributed by atoms with E-state index in [9.17, 15) is 9.59 Å². The van der Waals surface area contributed by atoms with Gasteiger partial charge < -0.3 is 16.0 Å². The first kappa shape index (κ1) is 15.5. The molecule has 8 nitrogen and oxygen atoms in total. The van der Waals surface area contributed by atoms with Crippen LogP contribution in [0, 0.1) is 0 Å². The molecule has 0 radical (unpaired) electrons. The molecule has 1 atom stereocenters. The van der Waals surface area contributed by atoms with Crippen molar-refractivity contribution in [1.82, 2.24) is 19.4 Å². The number of nitrogens with one attached hydrogen (secondary N) is 1. The van der Waals surface area contributed by atoms with Gasteiger partial charge in [0.25, 0.3) is 0 Å². The Balaban J connectivity index is 1.81. The van der Waals surface area contributed by atoms with E-state index in [4.69, 9.17) is 5.73 Å². The highest BCUT2D eigenvalue weighted by atomic mass is 16.2. The first-order valence-electron chi connectivity index (χ1n) is 8.33. The number of nitrogens with zero attached hydrogens (tertiary/aromatic N) is 4. The van der Waals surface area contributed by atoms with Crippen LogP contribution in [0.15, 0.2) is 34.1 Å². The molecule has 1 saturated heterocycles. The van der Waals surface area contributed by atoms with Crippen molar-refractivity contribution >= 4 is 17.9 Å². The lowest BCUT2D eigenvalue weighted by molar-refractivity contribution is 0.209. The average molecular weight is 340 g/mol. The molecule has 8 heteroatoms. The number of amides is 1. The topological polar surface area (TPSA) is 97.7 Å². The first-order valence-corrected chi connectivity index (χ1v) is 8.33. The maximum absolute atomic E-state index is 12.7. The van der Waals surface area contributed by atoms with Crippen LogP contribution in [0.2, 0.25) is 0 Å². The Labute approximate surface area is 143 Å². The van der Waals surface area contributed by atoms with Gasteiger partial charge in [-0.15, -0.1) is 0 Å². The minimum Gasteiger partial charge on any atom is -0.399 e. The Hall–Kier alpha value is -3.03. The Kier molecular flexibility index (Phi) is 3.60. The van der Waals surface area contributed by atoms with Crippen molar-refractivity contribution in [2.75, 3.05) is 18.8 Å². The van der Waals surface area contributed by atoms with E-state index in [1.54, 1.807) is 18.1 Å². The van der Waals surface area contributed by atoms with Crippen LogP contribution >= 0.6 is 0 Å². The van der Waals surface area contributed by atoms with Crippen molar-refractivity contribution in [1.29, 1.82) is 0 Å². The zero-order valence-electron chi connectivity index (χ0n) is 14.0. The van der Waals surface area contributed by atoms with E-state index in [2.05, 4.69) is 10.3 Å². The molecular weight excluding hydrogens is 320 g/mol. The fourth-order valence-electron chi connectivity index (χ4n) is 3.35. The smallest absolute Gasteiger partial charge is 0.338 e. The third-order valence-corrected chi connectivity index (χ3v) is 4.69. The minimum atomic E-state index is -0.378. The summed E-state index contributed by atoms with van der Waals surface area (Å²) in [5.74, 6) is 0. The van der Waals surface area contributed by atoms with E-state index in [1.165, 1.54) is 9.13 Å². The number of fused-ring (bicyclic) bond motifs is 1. The molecule has 0 saturated carbocycles. The van der Waals surface area contributed by atoms with E-state index in [0.717, 1.165) is 18.4 Å². The molecule has 0 bridgehead atoms. The quantitative estimate of drug-likeness (QED) is 0.684. The van der Waals surface area contributed by atoms with Crippen LogP contribution in [0.3, 0.4) is 0 Å². The van der Waals surface area contributed by atoms with Crippen molar-refractivity contribution in [3.63, 3.8) is 0 Å². The average Bonchev–Trinajstić information content (AvgIpc) is 3.23. The van der Waals surface area contributed by atoms with Crippen molar-refractivity contribution in [3.05, 3.63) is 51.2 Å². The van der Waals surface area contributed by atoms with Crippen LogP contribution in [0.5, 0.6) is 0 Å². The summed E-state index contributed by atoms with van der Waals surface area (Å²) in [5, 5.41) is 3.64.